The van der Waals surface area contributed by atoms with Gasteiger partial charge in [-0.3, -0.25) is 4.79 Å². The van der Waals surface area contributed by atoms with Crippen molar-refractivity contribution in [2.24, 2.45) is 0 Å². The molecule has 19 heavy (non-hydrogen) atoms. The van der Waals surface area contributed by atoms with Crippen LogP contribution in [0.2, 0.25) is 0 Å². The van der Waals surface area contributed by atoms with Crippen molar-refractivity contribution in [3.8, 4) is 0 Å². The first-order chi connectivity index (χ1) is 8.93. The summed E-state index contributed by atoms with van der Waals surface area (Å²) in [4.78, 5) is 15.5. The quantitative estimate of drug-likeness (QED) is 0.670. The Morgan fingerprint density at radius 2 is 2.16 bits per heavy atom. The van der Waals surface area contributed by atoms with Gasteiger partial charge in [-0.15, -0.1) is 0 Å². The van der Waals surface area contributed by atoms with Gasteiger partial charge in [0.1, 0.15) is 0 Å². The normalized spacial score (nSPS) is 10.4. The van der Waals surface area contributed by atoms with Gasteiger partial charge < -0.3 is 10.2 Å². The average molecular weight is 296 g/mol. The van der Waals surface area contributed by atoms with Crippen LogP contribution in [0.4, 0.5) is 10.5 Å². The van der Waals surface area contributed by atoms with E-state index in [-0.39, 0.29) is 11.3 Å². The highest BCUT2D eigenvalue weighted by Crippen LogP contribution is 2.24. The molecule has 0 fully saturated rings. The van der Waals surface area contributed by atoms with Crippen molar-refractivity contribution in [1.29, 1.82) is 0 Å². The van der Waals surface area contributed by atoms with Crippen molar-refractivity contribution in [3.63, 3.8) is 0 Å². The molecule has 0 saturated carbocycles. The van der Waals surface area contributed by atoms with Gasteiger partial charge in [-0.1, -0.05) is 25.2 Å². The summed E-state index contributed by atoms with van der Waals surface area (Å²) in [5.41, 5.74) is 1.01. The van der Waals surface area contributed by atoms with Crippen LogP contribution in [0.5, 0.6) is 0 Å². The highest BCUT2D eigenvalue weighted by Gasteiger charge is 2.09. The number of rotatable bonds is 4. The van der Waals surface area contributed by atoms with E-state index in [1.54, 1.807) is 0 Å². The largest absolute Gasteiger partial charge is 0.345 e. The third-order valence-electron chi connectivity index (χ3n) is 2.50. The molecule has 0 atom stereocenters. The lowest BCUT2D eigenvalue weighted by atomic mass is 10.3. The molecule has 104 valence electrons. The van der Waals surface area contributed by atoms with Crippen LogP contribution >= 0.6 is 24.0 Å². The predicted molar refractivity (Wildman–Crippen MR) is 87.3 cm³/mol. The lowest BCUT2D eigenvalue weighted by molar-refractivity contribution is 0.259. The highest BCUT2D eigenvalue weighted by atomic mass is 32.2. The Hall–Kier alpha value is -1.07. The number of nitrogens with one attached hydrogen (secondary N) is 1. The Kier molecular flexibility index (Phi) is 6.31. The van der Waals surface area contributed by atoms with Crippen molar-refractivity contribution >= 4 is 39.9 Å². The first-order valence-electron chi connectivity index (χ1n) is 6.29. The van der Waals surface area contributed by atoms with Gasteiger partial charge in [-0.2, -0.15) is 0 Å². The summed E-state index contributed by atoms with van der Waals surface area (Å²) in [6.45, 7) is 5.93. The molecule has 5 heteroatoms. The molecular formula is C14H20N2OS2. The number of carbonyl (C=O) groups excluding carboxylic acids is 1. The maximum atomic E-state index is 11.7. The number of thiocarbonyl (C=S) groups is 1. The summed E-state index contributed by atoms with van der Waals surface area (Å²) in [7, 11) is 1.95. The van der Waals surface area contributed by atoms with Gasteiger partial charge in [0.05, 0.1) is 4.99 Å². The topological polar surface area (TPSA) is 32.3 Å². The smallest absolute Gasteiger partial charge is 0.284 e. The van der Waals surface area contributed by atoms with Crippen LogP contribution in [0.15, 0.2) is 29.2 Å². The highest BCUT2D eigenvalue weighted by molar-refractivity contribution is 8.13. The van der Waals surface area contributed by atoms with Crippen LogP contribution in [-0.2, 0) is 0 Å². The molecule has 1 aromatic rings. The van der Waals surface area contributed by atoms with E-state index in [1.807, 2.05) is 57.0 Å². The van der Waals surface area contributed by atoms with Crippen LogP contribution in [0, 0.1) is 0 Å². The van der Waals surface area contributed by atoms with Crippen molar-refractivity contribution in [1.82, 2.24) is 5.32 Å². The first kappa shape index (κ1) is 16.0. The minimum Gasteiger partial charge on any atom is -0.345 e. The lowest BCUT2D eigenvalue weighted by Gasteiger charge is -2.19. The van der Waals surface area contributed by atoms with E-state index in [0.717, 1.165) is 22.0 Å². The molecule has 3 nitrogen and oxygen atoms in total. The molecule has 0 spiro atoms. The van der Waals surface area contributed by atoms with Gasteiger partial charge >= 0.3 is 0 Å². The second-order valence-electron chi connectivity index (χ2n) is 4.49. The second kappa shape index (κ2) is 7.50. The Balaban J connectivity index is 2.77. The summed E-state index contributed by atoms with van der Waals surface area (Å²) in [5.74, 6) is 0. The molecule has 0 unspecified atom stereocenters. The average Bonchev–Trinajstić information content (AvgIpc) is 2.36. The van der Waals surface area contributed by atoms with Crippen molar-refractivity contribution in [3.05, 3.63) is 24.3 Å². The molecule has 0 bridgehead atoms. The van der Waals surface area contributed by atoms with Gasteiger partial charge in [-0.05, 0) is 50.2 Å². The summed E-state index contributed by atoms with van der Waals surface area (Å²) in [6, 6.07) is 7.99. The number of benzene rings is 1. The minimum atomic E-state index is -0.0344. The summed E-state index contributed by atoms with van der Waals surface area (Å²) >= 11 is 6.49. The van der Waals surface area contributed by atoms with Gasteiger partial charge in [-0.25, -0.2) is 0 Å². The molecule has 1 N–H and O–H groups in total. The molecule has 1 amide bonds. The molecule has 0 aliphatic rings. The molecule has 0 saturated heterocycles. The van der Waals surface area contributed by atoms with Gasteiger partial charge in [0.25, 0.3) is 5.24 Å². The lowest BCUT2D eigenvalue weighted by Crippen LogP contribution is -2.26. The molecule has 0 aromatic heterocycles. The number of hydrogen-bond donors (Lipinski definition) is 1. The van der Waals surface area contributed by atoms with E-state index in [1.165, 1.54) is 11.8 Å². The standard InChI is InChI=1S/C14H20N2OS2/c1-5-13(18)16(4)11-7-6-8-12(9-11)19-14(17)15-10(2)3/h6-10H,5H2,1-4H3,(H,15,17). The summed E-state index contributed by atoms with van der Waals surface area (Å²) in [5, 5.41) is 2.82. The third kappa shape index (κ3) is 5.20. The Bertz CT molecular complexity index is 461. The van der Waals surface area contributed by atoms with E-state index >= 15 is 0 Å². The second-order valence-corrected chi connectivity index (χ2v) is 6.01. The van der Waals surface area contributed by atoms with Gasteiger partial charge in [0.2, 0.25) is 0 Å². The first-order valence-corrected chi connectivity index (χ1v) is 7.51. The van der Waals surface area contributed by atoms with Crippen molar-refractivity contribution < 1.29 is 4.79 Å². The van der Waals surface area contributed by atoms with E-state index in [2.05, 4.69) is 5.32 Å². The van der Waals surface area contributed by atoms with E-state index in [9.17, 15) is 4.79 Å². The fourth-order valence-electron chi connectivity index (χ4n) is 1.51. The van der Waals surface area contributed by atoms with Crippen LogP contribution in [-0.4, -0.2) is 23.3 Å². The molecular weight excluding hydrogens is 276 g/mol. The SMILES string of the molecule is CCC(=S)N(C)c1cccc(SC(=O)NC(C)C)c1. The number of amides is 1. The van der Waals surface area contributed by atoms with Crippen molar-refractivity contribution in [2.75, 3.05) is 11.9 Å². The maximum Gasteiger partial charge on any atom is 0.284 e. The number of hydrogen-bond acceptors (Lipinski definition) is 3. The molecule has 0 aliphatic carbocycles. The predicted octanol–water partition coefficient (Wildman–Crippen LogP) is 4.07. The summed E-state index contributed by atoms with van der Waals surface area (Å²) in [6.07, 6.45) is 0.830. The van der Waals surface area contributed by atoms with E-state index in [0.29, 0.717) is 0 Å². The number of thioether (sulfide) groups is 1. The van der Waals surface area contributed by atoms with Gasteiger partial charge in [0.15, 0.2) is 0 Å². The molecule has 0 aliphatic heterocycles. The van der Waals surface area contributed by atoms with Crippen LogP contribution in [0.3, 0.4) is 0 Å². The number of carbonyl (C=O) groups is 1. The van der Waals surface area contributed by atoms with Gasteiger partial charge in [0, 0.05) is 23.7 Å². The number of nitrogens with zero attached hydrogens (tertiary/aromatic N) is 1. The summed E-state index contributed by atoms with van der Waals surface area (Å²) < 4.78 is 0. The molecule has 0 heterocycles. The molecule has 0 radical (unpaired) electrons. The Morgan fingerprint density at radius 1 is 1.47 bits per heavy atom. The van der Waals surface area contributed by atoms with Crippen LogP contribution in [0.1, 0.15) is 27.2 Å². The minimum absolute atomic E-state index is 0.0344. The number of anilines is 1. The van der Waals surface area contributed by atoms with E-state index < -0.39 is 0 Å². The Labute approximate surface area is 124 Å². The monoisotopic (exact) mass is 296 g/mol. The Morgan fingerprint density at radius 3 is 2.74 bits per heavy atom. The van der Waals surface area contributed by atoms with Crippen molar-refractivity contribution in [2.45, 2.75) is 38.1 Å². The zero-order valence-corrected chi connectivity index (χ0v) is 13.4. The fraction of sp³-hybridized carbons (Fsp3) is 0.429. The molecule has 1 rings (SSSR count). The zero-order valence-electron chi connectivity index (χ0n) is 11.8. The maximum absolute atomic E-state index is 11.7. The van der Waals surface area contributed by atoms with Crippen LogP contribution < -0.4 is 10.2 Å². The zero-order chi connectivity index (χ0) is 14.4. The molecule has 1 aromatic carbocycles. The third-order valence-corrected chi connectivity index (χ3v) is 3.85. The van der Waals surface area contributed by atoms with E-state index in [4.69, 9.17) is 12.2 Å². The van der Waals surface area contributed by atoms with Crippen LogP contribution in [0.25, 0.3) is 0 Å². The fourth-order valence-corrected chi connectivity index (χ4v) is 2.45.